The largest absolute Gasteiger partial charge is 0.480 e. The van der Waals surface area contributed by atoms with Crippen molar-refractivity contribution in [3.63, 3.8) is 0 Å². The van der Waals surface area contributed by atoms with Crippen molar-refractivity contribution >= 4 is 17.6 Å². The number of benzene rings is 1. The van der Waals surface area contributed by atoms with Crippen LogP contribution in [0.25, 0.3) is 0 Å². The molecule has 0 aliphatic heterocycles. The minimum absolute atomic E-state index is 0.165. The molecule has 1 unspecified atom stereocenters. The Balaban J connectivity index is 3.14. The summed E-state index contributed by atoms with van der Waals surface area (Å²) in [7, 11) is 0. The van der Waals surface area contributed by atoms with Gasteiger partial charge in [-0.1, -0.05) is 32.0 Å². The molecular weight excluding hydrogens is 244 g/mol. The van der Waals surface area contributed by atoms with E-state index < -0.39 is 12.0 Å². The van der Waals surface area contributed by atoms with Crippen LogP contribution in [-0.4, -0.2) is 29.6 Å². The summed E-state index contributed by atoms with van der Waals surface area (Å²) >= 11 is 0. The first-order valence-electron chi connectivity index (χ1n) is 6.27. The highest BCUT2D eigenvalue weighted by atomic mass is 16.4. The third-order valence-electron chi connectivity index (χ3n) is 2.77. The van der Waals surface area contributed by atoms with E-state index in [9.17, 15) is 14.7 Å². The molecule has 0 fully saturated rings. The van der Waals surface area contributed by atoms with Crippen LogP contribution in [0.5, 0.6) is 0 Å². The number of para-hydroxylation sites is 1. The third-order valence-corrected chi connectivity index (χ3v) is 2.77. The number of aliphatic carboxylic acids is 1. The molecule has 0 aliphatic rings. The second kappa shape index (κ2) is 6.89. The van der Waals surface area contributed by atoms with Gasteiger partial charge in [-0.25, -0.2) is 4.79 Å². The van der Waals surface area contributed by atoms with Crippen molar-refractivity contribution in [1.82, 2.24) is 0 Å². The van der Waals surface area contributed by atoms with Crippen LogP contribution in [0.15, 0.2) is 30.3 Å². The van der Waals surface area contributed by atoms with Gasteiger partial charge in [0.25, 0.3) is 0 Å². The highest BCUT2D eigenvalue weighted by molar-refractivity contribution is 6.00. The van der Waals surface area contributed by atoms with Gasteiger partial charge in [-0.15, -0.1) is 0 Å². The van der Waals surface area contributed by atoms with Gasteiger partial charge < -0.3 is 10.8 Å². The van der Waals surface area contributed by atoms with E-state index >= 15 is 0 Å². The zero-order valence-electron chi connectivity index (χ0n) is 11.2. The Kier molecular flexibility index (Phi) is 5.51. The predicted octanol–water partition coefficient (Wildman–Crippen LogP) is 1.48. The summed E-state index contributed by atoms with van der Waals surface area (Å²) in [4.78, 5) is 24.7. The average molecular weight is 264 g/mol. The lowest BCUT2D eigenvalue weighted by Crippen LogP contribution is -2.48. The molecule has 0 saturated heterocycles. The van der Waals surface area contributed by atoms with Gasteiger partial charge >= 0.3 is 5.97 Å². The van der Waals surface area contributed by atoms with Crippen molar-refractivity contribution in [1.29, 1.82) is 0 Å². The van der Waals surface area contributed by atoms with E-state index in [1.807, 2.05) is 19.9 Å². The van der Waals surface area contributed by atoms with Gasteiger partial charge in [0.1, 0.15) is 6.04 Å². The predicted molar refractivity (Wildman–Crippen MR) is 73.9 cm³/mol. The fourth-order valence-electron chi connectivity index (χ4n) is 1.95. The summed E-state index contributed by atoms with van der Waals surface area (Å²) in [5, 5.41) is 9.36. The van der Waals surface area contributed by atoms with Gasteiger partial charge in [0, 0.05) is 5.69 Å². The number of carboxylic acid groups (broad SMARTS) is 1. The van der Waals surface area contributed by atoms with Gasteiger partial charge in [0.05, 0.1) is 6.54 Å². The van der Waals surface area contributed by atoms with Crippen molar-refractivity contribution in [3.8, 4) is 0 Å². The highest BCUT2D eigenvalue weighted by Gasteiger charge is 2.30. The SMILES string of the molecule is CC(C)CC(C(=O)O)N(C(=O)CN)c1ccccc1. The molecular formula is C14H20N2O3. The lowest BCUT2D eigenvalue weighted by atomic mass is 10.0. The maximum atomic E-state index is 12.0. The number of carbonyl (C=O) groups is 2. The molecule has 0 bridgehead atoms. The number of nitrogens with two attached hydrogens (primary N) is 1. The smallest absolute Gasteiger partial charge is 0.326 e. The molecule has 0 aliphatic carbocycles. The monoisotopic (exact) mass is 264 g/mol. The number of hydrogen-bond donors (Lipinski definition) is 2. The quantitative estimate of drug-likeness (QED) is 0.815. The summed E-state index contributed by atoms with van der Waals surface area (Å²) < 4.78 is 0. The van der Waals surface area contributed by atoms with Crippen molar-refractivity contribution in [2.75, 3.05) is 11.4 Å². The molecule has 1 atom stereocenters. The van der Waals surface area contributed by atoms with Gasteiger partial charge in [-0.05, 0) is 24.5 Å². The minimum atomic E-state index is -1.01. The van der Waals surface area contributed by atoms with Crippen LogP contribution in [0.1, 0.15) is 20.3 Å². The standard InChI is InChI=1S/C14H20N2O3/c1-10(2)8-12(14(18)19)16(13(17)9-15)11-6-4-3-5-7-11/h3-7,10,12H,8-9,15H2,1-2H3,(H,18,19). The lowest BCUT2D eigenvalue weighted by Gasteiger charge is -2.29. The first-order valence-corrected chi connectivity index (χ1v) is 6.27. The number of carbonyl (C=O) groups excluding carboxylic acids is 1. The van der Waals surface area contributed by atoms with Gasteiger partial charge in [-0.2, -0.15) is 0 Å². The second-order valence-corrected chi connectivity index (χ2v) is 4.79. The van der Waals surface area contributed by atoms with Crippen LogP contribution in [-0.2, 0) is 9.59 Å². The molecule has 0 saturated carbocycles. The zero-order chi connectivity index (χ0) is 14.4. The van der Waals surface area contributed by atoms with Crippen molar-refractivity contribution in [2.24, 2.45) is 11.7 Å². The highest BCUT2D eigenvalue weighted by Crippen LogP contribution is 2.21. The lowest BCUT2D eigenvalue weighted by molar-refractivity contribution is -0.140. The molecule has 1 aromatic carbocycles. The van der Waals surface area contributed by atoms with E-state index in [0.717, 1.165) is 0 Å². The number of carboxylic acids is 1. The number of rotatable bonds is 6. The third kappa shape index (κ3) is 4.06. The van der Waals surface area contributed by atoms with Gasteiger partial charge in [0.15, 0.2) is 0 Å². The fourth-order valence-corrected chi connectivity index (χ4v) is 1.95. The van der Waals surface area contributed by atoms with E-state index in [4.69, 9.17) is 5.73 Å². The van der Waals surface area contributed by atoms with Gasteiger partial charge in [-0.3, -0.25) is 9.69 Å². The van der Waals surface area contributed by atoms with Crippen LogP contribution in [0.4, 0.5) is 5.69 Å². The van der Waals surface area contributed by atoms with Crippen LogP contribution < -0.4 is 10.6 Å². The topological polar surface area (TPSA) is 83.6 Å². The maximum absolute atomic E-state index is 12.0. The summed E-state index contributed by atoms with van der Waals surface area (Å²) in [5.41, 5.74) is 5.96. The molecule has 3 N–H and O–H groups in total. The van der Waals surface area contributed by atoms with E-state index in [2.05, 4.69) is 0 Å². The van der Waals surface area contributed by atoms with Crippen molar-refractivity contribution in [3.05, 3.63) is 30.3 Å². The zero-order valence-corrected chi connectivity index (χ0v) is 11.2. The first-order chi connectivity index (χ1) is 8.97. The second-order valence-electron chi connectivity index (χ2n) is 4.79. The summed E-state index contributed by atoms with van der Waals surface area (Å²) in [6.45, 7) is 3.63. The normalized spacial score (nSPS) is 12.2. The Bertz CT molecular complexity index is 432. The van der Waals surface area contributed by atoms with Gasteiger partial charge in [0.2, 0.25) is 5.91 Å². The first kappa shape index (κ1) is 15.2. The van der Waals surface area contributed by atoms with E-state index in [0.29, 0.717) is 12.1 Å². The Morgan fingerprint density at radius 2 is 1.84 bits per heavy atom. The Hall–Kier alpha value is -1.88. The molecule has 104 valence electrons. The van der Waals surface area contributed by atoms with Crippen molar-refractivity contribution in [2.45, 2.75) is 26.3 Å². The molecule has 0 aromatic heterocycles. The number of nitrogens with zero attached hydrogens (tertiary/aromatic N) is 1. The maximum Gasteiger partial charge on any atom is 0.326 e. The number of anilines is 1. The summed E-state index contributed by atoms with van der Waals surface area (Å²) in [6.07, 6.45) is 0.385. The Morgan fingerprint density at radius 3 is 2.26 bits per heavy atom. The van der Waals surface area contributed by atoms with E-state index in [1.54, 1.807) is 24.3 Å². The molecule has 0 radical (unpaired) electrons. The minimum Gasteiger partial charge on any atom is -0.480 e. The van der Waals surface area contributed by atoms with Crippen molar-refractivity contribution < 1.29 is 14.7 Å². The van der Waals surface area contributed by atoms with Crippen LogP contribution >= 0.6 is 0 Å². The molecule has 1 amide bonds. The number of hydrogen-bond acceptors (Lipinski definition) is 3. The van der Waals surface area contributed by atoms with E-state index in [-0.39, 0.29) is 18.4 Å². The molecule has 0 heterocycles. The summed E-state index contributed by atoms with van der Waals surface area (Å²) in [6, 6.07) is 7.87. The molecule has 1 aromatic rings. The molecule has 0 spiro atoms. The fraction of sp³-hybridized carbons (Fsp3) is 0.429. The Labute approximate surface area is 113 Å². The van der Waals surface area contributed by atoms with Crippen LogP contribution in [0, 0.1) is 5.92 Å². The van der Waals surface area contributed by atoms with Crippen LogP contribution in [0.2, 0.25) is 0 Å². The number of amides is 1. The summed E-state index contributed by atoms with van der Waals surface area (Å²) in [5.74, 6) is -1.24. The average Bonchev–Trinajstić information content (AvgIpc) is 2.38. The van der Waals surface area contributed by atoms with E-state index in [1.165, 1.54) is 4.90 Å². The molecule has 5 heteroatoms. The molecule has 5 nitrogen and oxygen atoms in total. The Morgan fingerprint density at radius 1 is 1.26 bits per heavy atom. The van der Waals surface area contributed by atoms with Crippen LogP contribution in [0.3, 0.4) is 0 Å². The molecule has 19 heavy (non-hydrogen) atoms. The molecule has 1 rings (SSSR count).